The molecule has 0 atom stereocenters. The smallest absolute Gasteiger partial charge is 0.248 e. The Morgan fingerprint density at radius 3 is 1.50 bits per heavy atom. The molecule has 0 aliphatic carbocycles. The van der Waals surface area contributed by atoms with Gasteiger partial charge in [-0.3, -0.25) is 19.2 Å². The molecule has 2 N–H and O–H groups in total. The second-order valence-corrected chi connectivity index (χ2v) is 8.02. The van der Waals surface area contributed by atoms with Gasteiger partial charge in [-0.25, -0.2) is 0 Å². The van der Waals surface area contributed by atoms with Crippen LogP contribution < -0.4 is 10.6 Å². The average Bonchev–Trinajstić information content (AvgIpc) is 2.73. The lowest BCUT2D eigenvalue weighted by atomic mass is 10.2. The van der Waals surface area contributed by atoms with Gasteiger partial charge in [0.05, 0.1) is 0 Å². The first-order valence-electron chi connectivity index (χ1n) is 11.4. The fraction of sp³-hybridized carbons (Fsp3) is 0.538. The first-order valence-corrected chi connectivity index (χ1v) is 11.4. The van der Waals surface area contributed by atoms with E-state index >= 15 is 0 Å². The van der Waals surface area contributed by atoms with Gasteiger partial charge in [0.15, 0.2) is 0 Å². The van der Waals surface area contributed by atoms with Crippen molar-refractivity contribution in [1.82, 2.24) is 20.4 Å². The first-order chi connectivity index (χ1) is 15.8. The highest BCUT2D eigenvalue weighted by Crippen LogP contribution is 2.05. The van der Waals surface area contributed by atoms with Gasteiger partial charge >= 0.3 is 0 Å². The summed E-state index contributed by atoms with van der Waals surface area (Å²) in [5.74, 6) is -0.467. The Bertz CT molecular complexity index is 682. The largest absolute Gasteiger partial charge is 0.359 e. The lowest BCUT2D eigenvalue weighted by molar-refractivity contribution is -0.128. The van der Waals surface area contributed by atoms with Gasteiger partial charge in [0.2, 0.25) is 24.1 Å². The molecule has 0 radical (unpaired) electrons. The second kappa shape index (κ2) is 23.0. The molecule has 4 amide bonds. The zero-order valence-electron chi connectivity index (χ0n) is 22.2. The molecule has 0 heterocycles. The van der Waals surface area contributed by atoms with E-state index in [-0.39, 0.29) is 17.7 Å². The van der Waals surface area contributed by atoms with Gasteiger partial charge in [-0.1, -0.05) is 24.8 Å². The van der Waals surface area contributed by atoms with Crippen molar-refractivity contribution in [3.05, 3.63) is 49.1 Å². The number of hydrogen-bond donors (Lipinski definition) is 2. The third kappa shape index (κ3) is 23.5. The minimum atomic E-state index is -0.173. The molecular formula is C26H46N4O4. The van der Waals surface area contributed by atoms with Crippen molar-refractivity contribution in [3.63, 3.8) is 0 Å². The molecule has 8 heteroatoms. The summed E-state index contributed by atoms with van der Waals surface area (Å²) < 4.78 is 0. The minimum Gasteiger partial charge on any atom is -0.359 e. The van der Waals surface area contributed by atoms with Crippen molar-refractivity contribution in [2.24, 2.45) is 0 Å². The van der Waals surface area contributed by atoms with E-state index in [2.05, 4.69) is 36.9 Å². The zero-order chi connectivity index (χ0) is 27.1. The Hall–Kier alpha value is -3.16. The fourth-order valence-electron chi connectivity index (χ4n) is 2.42. The number of nitrogens with one attached hydrogen (secondary N) is 2. The number of rotatable bonds is 14. The van der Waals surface area contributed by atoms with Crippen LogP contribution in [0.25, 0.3) is 0 Å². The molecule has 0 fully saturated rings. The maximum atomic E-state index is 12.3. The fourth-order valence-corrected chi connectivity index (χ4v) is 2.42. The summed E-state index contributed by atoms with van der Waals surface area (Å²) in [5.41, 5.74) is 2.03. The number of nitrogens with zero attached hydrogens (tertiary/aromatic N) is 2. The molecule has 8 nitrogen and oxygen atoms in total. The maximum Gasteiger partial charge on any atom is 0.248 e. The Labute approximate surface area is 206 Å². The SMILES string of the molecule is C=C(C)C.C=C(C)C(=O)N(CCCNC=O)CCCN(CCNC(C)=O)C(=O)C(=C)C.C=CC. The molecule has 0 aromatic rings. The summed E-state index contributed by atoms with van der Waals surface area (Å²) in [7, 11) is 0. The quantitative estimate of drug-likeness (QED) is 0.173. The molecule has 0 aliphatic rings. The zero-order valence-corrected chi connectivity index (χ0v) is 22.2. The van der Waals surface area contributed by atoms with Crippen molar-refractivity contribution in [2.45, 2.75) is 54.4 Å². The molecular weight excluding hydrogens is 432 g/mol. The Morgan fingerprint density at radius 1 is 0.765 bits per heavy atom. The monoisotopic (exact) mass is 478 g/mol. The highest BCUT2D eigenvalue weighted by molar-refractivity contribution is 5.92. The molecule has 0 spiro atoms. The van der Waals surface area contributed by atoms with Crippen molar-refractivity contribution < 1.29 is 19.2 Å². The molecule has 0 aromatic carbocycles. The Balaban J connectivity index is -0.00000120. The topological polar surface area (TPSA) is 98.8 Å². The number of amides is 4. The van der Waals surface area contributed by atoms with Crippen molar-refractivity contribution >= 4 is 24.1 Å². The van der Waals surface area contributed by atoms with Crippen molar-refractivity contribution in [1.29, 1.82) is 0 Å². The lowest BCUT2D eigenvalue weighted by Gasteiger charge is -2.26. The summed E-state index contributed by atoms with van der Waals surface area (Å²) in [4.78, 5) is 49.1. The van der Waals surface area contributed by atoms with E-state index in [0.717, 1.165) is 0 Å². The van der Waals surface area contributed by atoms with Crippen LogP contribution in [0.4, 0.5) is 0 Å². The summed E-state index contributed by atoms with van der Waals surface area (Å²) >= 11 is 0. The molecule has 194 valence electrons. The number of carbonyl (C=O) groups excluding carboxylic acids is 4. The Kier molecular flexibility index (Phi) is 24.0. The van der Waals surface area contributed by atoms with E-state index in [1.807, 2.05) is 20.8 Å². The summed E-state index contributed by atoms with van der Waals surface area (Å²) in [6.07, 6.45) is 3.59. The summed E-state index contributed by atoms with van der Waals surface area (Å²) in [6, 6.07) is 0. The molecule has 0 saturated carbocycles. The van der Waals surface area contributed by atoms with Crippen LogP contribution in [0.1, 0.15) is 54.4 Å². The van der Waals surface area contributed by atoms with E-state index in [1.54, 1.807) is 29.7 Å². The highest BCUT2D eigenvalue weighted by Gasteiger charge is 2.17. The number of carbonyl (C=O) groups is 4. The van der Waals surface area contributed by atoms with Crippen LogP contribution in [-0.2, 0) is 19.2 Å². The molecule has 0 bridgehead atoms. The predicted octanol–water partition coefficient (Wildman–Crippen LogP) is 3.23. The predicted molar refractivity (Wildman–Crippen MR) is 141 cm³/mol. The van der Waals surface area contributed by atoms with Crippen LogP contribution in [0, 0.1) is 0 Å². The van der Waals surface area contributed by atoms with Crippen molar-refractivity contribution in [3.8, 4) is 0 Å². The van der Waals surface area contributed by atoms with E-state index in [4.69, 9.17) is 0 Å². The van der Waals surface area contributed by atoms with Gasteiger partial charge in [0.25, 0.3) is 0 Å². The first kappa shape index (κ1) is 35.4. The maximum absolute atomic E-state index is 12.3. The summed E-state index contributed by atoms with van der Waals surface area (Å²) in [5, 5.41) is 5.24. The number of allylic oxidation sites excluding steroid dienone is 2. The van der Waals surface area contributed by atoms with E-state index < -0.39 is 0 Å². The molecule has 0 rings (SSSR count). The van der Waals surface area contributed by atoms with E-state index in [9.17, 15) is 19.2 Å². The Morgan fingerprint density at radius 2 is 1.15 bits per heavy atom. The minimum absolute atomic E-state index is 0.142. The lowest BCUT2D eigenvalue weighted by Crippen LogP contribution is -2.41. The second-order valence-electron chi connectivity index (χ2n) is 8.02. The van der Waals surface area contributed by atoms with Gasteiger partial charge in [0, 0.05) is 57.3 Å². The van der Waals surface area contributed by atoms with Crippen LogP contribution in [-0.4, -0.2) is 73.2 Å². The molecule has 0 aromatic heterocycles. The van der Waals surface area contributed by atoms with E-state index in [1.165, 1.54) is 12.5 Å². The third-order valence-electron chi connectivity index (χ3n) is 3.75. The van der Waals surface area contributed by atoms with Crippen LogP contribution in [0.2, 0.25) is 0 Å². The van der Waals surface area contributed by atoms with E-state index in [0.29, 0.717) is 69.7 Å². The number of hydrogen-bond acceptors (Lipinski definition) is 4. The van der Waals surface area contributed by atoms with Crippen molar-refractivity contribution in [2.75, 3.05) is 39.3 Å². The van der Waals surface area contributed by atoms with Crippen LogP contribution in [0.5, 0.6) is 0 Å². The molecule has 0 unspecified atom stereocenters. The molecule has 0 aliphatic heterocycles. The average molecular weight is 479 g/mol. The van der Waals surface area contributed by atoms with Gasteiger partial charge in [-0.05, 0) is 47.5 Å². The van der Waals surface area contributed by atoms with Gasteiger partial charge in [-0.15, -0.1) is 13.2 Å². The van der Waals surface area contributed by atoms with Crippen LogP contribution in [0.15, 0.2) is 49.1 Å². The third-order valence-corrected chi connectivity index (χ3v) is 3.75. The van der Waals surface area contributed by atoms with Gasteiger partial charge in [0.1, 0.15) is 0 Å². The van der Waals surface area contributed by atoms with Gasteiger partial charge in [-0.2, -0.15) is 0 Å². The van der Waals surface area contributed by atoms with Crippen LogP contribution >= 0.6 is 0 Å². The molecule has 0 saturated heterocycles. The molecule has 34 heavy (non-hydrogen) atoms. The standard InChI is InChI=1S/C19H32N4O4.C4H8.C3H6/c1-15(2)18(26)22(10-6-8-20-14-24)11-7-12-23(19(27)16(3)4)13-9-21-17(5)25;1-4(2)3;1-3-2/h14H,1,3,6-13H2,2,4-5H3,(H,20,24)(H,21,25);1H2,2-3H3;3H,1H2,2H3. The van der Waals surface area contributed by atoms with Gasteiger partial charge < -0.3 is 20.4 Å². The van der Waals surface area contributed by atoms with Crippen LogP contribution in [0.3, 0.4) is 0 Å². The highest BCUT2D eigenvalue weighted by atomic mass is 16.2. The summed E-state index contributed by atoms with van der Waals surface area (Å²) in [6.45, 7) is 27.5. The normalized spacial score (nSPS) is 9.00.